The first-order valence-corrected chi connectivity index (χ1v) is 5.64. The SMILES string of the molecule is COC(=O)C(Br)COc1ccccc1CO. The summed E-state index contributed by atoms with van der Waals surface area (Å²) in [6, 6.07) is 7.11. The molecule has 0 aliphatic carbocycles. The second kappa shape index (κ2) is 6.50. The minimum absolute atomic E-state index is 0.0959. The monoisotopic (exact) mass is 288 g/mol. The molecule has 1 unspecified atom stereocenters. The molecule has 0 amide bonds. The number of esters is 1. The number of carbonyl (C=O) groups excluding carboxylic acids is 1. The summed E-state index contributed by atoms with van der Waals surface area (Å²) in [5.41, 5.74) is 0.687. The average Bonchev–Trinajstić information content (AvgIpc) is 2.35. The first kappa shape index (κ1) is 13.0. The van der Waals surface area contributed by atoms with Gasteiger partial charge in [-0.15, -0.1) is 0 Å². The lowest BCUT2D eigenvalue weighted by molar-refractivity contribution is -0.140. The van der Waals surface area contributed by atoms with E-state index in [0.717, 1.165) is 0 Å². The van der Waals surface area contributed by atoms with Crippen LogP contribution in [0.3, 0.4) is 0 Å². The Morgan fingerprint density at radius 3 is 2.81 bits per heavy atom. The van der Waals surface area contributed by atoms with Gasteiger partial charge < -0.3 is 14.6 Å². The number of halogens is 1. The van der Waals surface area contributed by atoms with Crippen molar-refractivity contribution in [2.24, 2.45) is 0 Å². The number of benzene rings is 1. The van der Waals surface area contributed by atoms with Gasteiger partial charge in [0.25, 0.3) is 0 Å². The summed E-state index contributed by atoms with van der Waals surface area (Å²) in [7, 11) is 1.32. The molecular formula is C11H13BrO4. The molecule has 88 valence electrons. The molecule has 5 heteroatoms. The summed E-state index contributed by atoms with van der Waals surface area (Å²) in [5, 5.41) is 9.06. The Morgan fingerprint density at radius 1 is 1.50 bits per heavy atom. The van der Waals surface area contributed by atoms with E-state index in [1.807, 2.05) is 6.07 Å². The van der Waals surface area contributed by atoms with Gasteiger partial charge in [-0.1, -0.05) is 34.1 Å². The number of aliphatic hydroxyl groups excluding tert-OH is 1. The van der Waals surface area contributed by atoms with Crippen molar-refractivity contribution in [3.05, 3.63) is 29.8 Å². The number of hydrogen-bond donors (Lipinski definition) is 1. The van der Waals surface area contributed by atoms with Crippen LogP contribution >= 0.6 is 15.9 Å². The second-order valence-corrected chi connectivity index (χ2v) is 4.17. The molecule has 16 heavy (non-hydrogen) atoms. The number of ether oxygens (including phenoxy) is 2. The van der Waals surface area contributed by atoms with E-state index in [9.17, 15) is 4.79 Å². The lowest BCUT2D eigenvalue weighted by Crippen LogP contribution is -2.23. The molecule has 0 spiro atoms. The van der Waals surface area contributed by atoms with E-state index >= 15 is 0 Å². The van der Waals surface area contributed by atoms with Gasteiger partial charge >= 0.3 is 5.97 Å². The largest absolute Gasteiger partial charge is 0.491 e. The Kier molecular flexibility index (Phi) is 5.28. The van der Waals surface area contributed by atoms with Gasteiger partial charge in [0.2, 0.25) is 0 Å². The molecule has 0 aromatic heterocycles. The molecule has 1 aromatic carbocycles. The zero-order valence-corrected chi connectivity index (χ0v) is 10.4. The van der Waals surface area contributed by atoms with Crippen LogP contribution in [0.15, 0.2) is 24.3 Å². The van der Waals surface area contributed by atoms with Gasteiger partial charge in [-0.3, -0.25) is 4.79 Å². The highest BCUT2D eigenvalue weighted by Crippen LogP contribution is 2.18. The molecule has 4 nitrogen and oxygen atoms in total. The highest BCUT2D eigenvalue weighted by molar-refractivity contribution is 9.10. The molecule has 1 aromatic rings. The van der Waals surface area contributed by atoms with E-state index < -0.39 is 4.83 Å². The van der Waals surface area contributed by atoms with Gasteiger partial charge in [-0.2, -0.15) is 0 Å². The van der Waals surface area contributed by atoms with Crippen molar-refractivity contribution in [3.8, 4) is 5.75 Å². The van der Waals surface area contributed by atoms with Crippen LogP contribution in [0.25, 0.3) is 0 Å². The lowest BCUT2D eigenvalue weighted by atomic mass is 10.2. The predicted octanol–water partition coefficient (Wildman–Crippen LogP) is 1.49. The number of alkyl halides is 1. The fourth-order valence-electron chi connectivity index (χ4n) is 1.13. The number of aliphatic hydroxyl groups is 1. The van der Waals surface area contributed by atoms with Crippen LogP contribution in [-0.2, 0) is 16.1 Å². The number of para-hydroxylation sites is 1. The molecule has 0 aliphatic rings. The van der Waals surface area contributed by atoms with Crippen molar-refractivity contribution < 1.29 is 19.4 Å². The smallest absolute Gasteiger partial charge is 0.322 e. The van der Waals surface area contributed by atoms with Crippen LogP contribution in [-0.4, -0.2) is 29.6 Å². The van der Waals surface area contributed by atoms with Crippen LogP contribution in [0.2, 0.25) is 0 Å². The predicted molar refractivity (Wildman–Crippen MR) is 62.6 cm³/mol. The van der Waals surface area contributed by atoms with Gasteiger partial charge in [0, 0.05) is 5.56 Å². The van der Waals surface area contributed by atoms with Crippen LogP contribution in [0.4, 0.5) is 0 Å². The van der Waals surface area contributed by atoms with Crippen molar-refractivity contribution >= 4 is 21.9 Å². The summed E-state index contributed by atoms with van der Waals surface area (Å²) >= 11 is 3.15. The molecule has 0 fully saturated rings. The van der Waals surface area contributed by atoms with Crippen LogP contribution in [0, 0.1) is 0 Å². The van der Waals surface area contributed by atoms with Crippen molar-refractivity contribution in [3.63, 3.8) is 0 Å². The second-order valence-electron chi connectivity index (χ2n) is 3.07. The normalized spacial score (nSPS) is 11.9. The molecule has 1 rings (SSSR count). The number of methoxy groups -OCH3 is 1. The topological polar surface area (TPSA) is 55.8 Å². The maximum absolute atomic E-state index is 11.1. The van der Waals surface area contributed by atoms with Gasteiger partial charge in [0.1, 0.15) is 17.2 Å². The van der Waals surface area contributed by atoms with Crippen LogP contribution in [0.1, 0.15) is 5.56 Å². The van der Waals surface area contributed by atoms with E-state index in [-0.39, 0.29) is 19.2 Å². The summed E-state index contributed by atoms with van der Waals surface area (Å²) in [4.78, 5) is 10.6. The van der Waals surface area contributed by atoms with Crippen LogP contribution < -0.4 is 4.74 Å². The Labute approximate surface area is 102 Å². The minimum atomic E-state index is -0.510. The van der Waals surface area contributed by atoms with Crippen molar-refractivity contribution in [1.82, 2.24) is 0 Å². The highest BCUT2D eigenvalue weighted by atomic mass is 79.9. The molecule has 0 heterocycles. The van der Waals surface area contributed by atoms with E-state index in [1.165, 1.54) is 7.11 Å². The summed E-state index contributed by atoms with van der Waals surface area (Å²) in [6.45, 7) is 0.0606. The molecule has 0 saturated heterocycles. The summed E-state index contributed by atoms with van der Waals surface area (Å²) in [5.74, 6) is 0.180. The Morgan fingerprint density at radius 2 is 2.19 bits per heavy atom. The Balaban J connectivity index is 2.57. The number of carbonyl (C=O) groups is 1. The lowest BCUT2D eigenvalue weighted by Gasteiger charge is -2.12. The summed E-state index contributed by atoms with van der Waals surface area (Å²) in [6.07, 6.45) is 0. The van der Waals surface area contributed by atoms with Gasteiger partial charge in [0.05, 0.1) is 13.7 Å². The van der Waals surface area contributed by atoms with E-state index in [0.29, 0.717) is 11.3 Å². The molecule has 0 bridgehead atoms. The maximum Gasteiger partial charge on any atom is 0.322 e. The Hall–Kier alpha value is -1.07. The van der Waals surface area contributed by atoms with Crippen LogP contribution in [0.5, 0.6) is 5.75 Å². The molecule has 1 N–H and O–H groups in total. The van der Waals surface area contributed by atoms with E-state index in [2.05, 4.69) is 20.7 Å². The van der Waals surface area contributed by atoms with Gasteiger partial charge in [-0.05, 0) is 6.07 Å². The van der Waals surface area contributed by atoms with E-state index in [4.69, 9.17) is 9.84 Å². The fraction of sp³-hybridized carbons (Fsp3) is 0.364. The summed E-state index contributed by atoms with van der Waals surface area (Å²) < 4.78 is 9.95. The molecule has 0 saturated carbocycles. The van der Waals surface area contributed by atoms with Crippen molar-refractivity contribution in [1.29, 1.82) is 0 Å². The number of rotatable bonds is 5. The van der Waals surface area contributed by atoms with Gasteiger partial charge in [0.15, 0.2) is 0 Å². The van der Waals surface area contributed by atoms with Gasteiger partial charge in [-0.25, -0.2) is 0 Å². The van der Waals surface area contributed by atoms with E-state index in [1.54, 1.807) is 18.2 Å². The third-order valence-corrected chi connectivity index (χ3v) is 2.62. The highest BCUT2D eigenvalue weighted by Gasteiger charge is 2.16. The van der Waals surface area contributed by atoms with Crippen molar-refractivity contribution in [2.75, 3.05) is 13.7 Å². The zero-order valence-electron chi connectivity index (χ0n) is 8.85. The standard InChI is InChI=1S/C11H13BrO4/c1-15-11(14)9(12)7-16-10-5-3-2-4-8(10)6-13/h2-5,9,13H,6-7H2,1H3. The first-order chi connectivity index (χ1) is 7.69. The first-order valence-electron chi connectivity index (χ1n) is 4.72. The molecule has 0 radical (unpaired) electrons. The van der Waals surface area contributed by atoms with Crippen molar-refractivity contribution in [2.45, 2.75) is 11.4 Å². The third kappa shape index (κ3) is 3.50. The minimum Gasteiger partial charge on any atom is -0.491 e. The molecule has 1 atom stereocenters. The zero-order chi connectivity index (χ0) is 12.0. The quantitative estimate of drug-likeness (QED) is 0.659. The Bertz CT molecular complexity index is 354. The number of hydrogen-bond acceptors (Lipinski definition) is 4. The third-order valence-electron chi connectivity index (χ3n) is 1.99. The average molecular weight is 289 g/mol. The molecule has 0 aliphatic heterocycles. The molecular weight excluding hydrogens is 276 g/mol. The maximum atomic E-state index is 11.1. The fourth-order valence-corrected chi connectivity index (χ4v) is 1.45.